The Labute approximate surface area is 193 Å². The molecule has 4 rings (SSSR count). The molecule has 2 saturated heterocycles. The predicted octanol–water partition coefficient (Wildman–Crippen LogP) is 2.14. The number of hydrogen-bond acceptors (Lipinski definition) is 6. The van der Waals surface area contributed by atoms with Gasteiger partial charge in [-0.1, -0.05) is 0 Å². The monoisotopic (exact) mass is 473 g/mol. The highest BCUT2D eigenvalue weighted by molar-refractivity contribution is 7.89. The molecule has 0 bridgehead atoms. The van der Waals surface area contributed by atoms with Crippen LogP contribution < -0.4 is 19.7 Å². The van der Waals surface area contributed by atoms with Gasteiger partial charge in [0.25, 0.3) is 0 Å². The van der Waals surface area contributed by atoms with Crippen LogP contribution >= 0.6 is 0 Å². The van der Waals surface area contributed by atoms with Gasteiger partial charge in [-0.25, -0.2) is 13.1 Å². The number of amides is 2. The van der Waals surface area contributed by atoms with E-state index in [0.29, 0.717) is 23.7 Å². The van der Waals surface area contributed by atoms with E-state index in [1.807, 2.05) is 0 Å². The van der Waals surface area contributed by atoms with Crippen LogP contribution in [0.25, 0.3) is 0 Å². The van der Waals surface area contributed by atoms with Crippen LogP contribution in [0.2, 0.25) is 0 Å². The smallest absolute Gasteiger partial charge is 0.240 e. The Bertz CT molecular complexity index is 1100. The van der Waals surface area contributed by atoms with Crippen molar-refractivity contribution in [1.29, 1.82) is 0 Å². The van der Waals surface area contributed by atoms with E-state index in [9.17, 15) is 18.0 Å². The molecule has 2 amide bonds. The maximum Gasteiger partial charge on any atom is 0.240 e. The highest BCUT2D eigenvalue weighted by Crippen LogP contribution is 2.27. The lowest BCUT2D eigenvalue weighted by Gasteiger charge is -2.17. The van der Waals surface area contributed by atoms with E-state index in [1.165, 1.54) is 24.3 Å². The van der Waals surface area contributed by atoms with Gasteiger partial charge in [-0.05, 0) is 61.4 Å². The van der Waals surface area contributed by atoms with Crippen LogP contribution in [0.1, 0.15) is 19.3 Å². The van der Waals surface area contributed by atoms with Crippen molar-refractivity contribution in [2.24, 2.45) is 5.92 Å². The van der Waals surface area contributed by atoms with Crippen LogP contribution in [-0.4, -0.2) is 53.1 Å². The summed E-state index contributed by atoms with van der Waals surface area (Å²) in [7, 11) is -2.09. The Hall–Kier alpha value is -2.95. The first-order valence-corrected chi connectivity index (χ1v) is 12.3. The minimum atomic E-state index is -3.66. The number of methoxy groups -OCH3 is 1. The van der Waals surface area contributed by atoms with Gasteiger partial charge >= 0.3 is 0 Å². The molecule has 33 heavy (non-hydrogen) atoms. The molecule has 2 heterocycles. The minimum Gasteiger partial charge on any atom is -0.497 e. The van der Waals surface area contributed by atoms with Crippen LogP contribution in [0.15, 0.2) is 53.4 Å². The zero-order chi connectivity index (χ0) is 23.4. The lowest BCUT2D eigenvalue weighted by molar-refractivity contribution is -0.122. The van der Waals surface area contributed by atoms with Gasteiger partial charge < -0.3 is 19.7 Å². The van der Waals surface area contributed by atoms with Gasteiger partial charge in [0.15, 0.2) is 0 Å². The number of benzene rings is 2. The molecule has 0 aromatic heterocycles. The lowest BCUT2D eigenvalue weighted by atomic mass is 10.1. The molecule has 2 aromatic rings. The maximum atomic E-state index is 12.7. The van der Waals surface area contributed by atoms with Crippen LogP contribution in [0.5, 0.6) is 5.75 Å². The Morgan fingerprint density at radius 2 is 1.88 bits per heavy atom. The third kappa shape index (κ3) is 5.52. The molecule has 2 aliphatic heterocycles. The summed E-state index contributed by atoms with van der Waals surface area (Å²) in [5, 5.41) is 2.78. The third-order valence-corrected chi connectivity index (χ3v) is 7.28. The maximum absolute atomic E-state index is 12.7. The topological polar surface area (TPSA) is 114 Å². The molecular formula is C23H27N3O6S. The summed E-state index contributed by atoms with van der Waals surface area (Å²) >= 11 is 0. The second-order valence-electron chi connectivity index (χ2n) is 8.10. The fourth-order valence-electron chi connectivity index (χ4n) is 3.95. The fourth-order valence-corrected chi connectivity index (χ4v) is 5.01. The number of hydrogen-bond donors (Lipinski definition) is 2. The Balaban J connectivity index is 1.34. The van der Waals surface area contributed by atoms with Crippen molar-refractivity contribution >= 4 is 33.2 Å². The van der Waals surface area contributed by atoms with E-state index in [1.54, 1.807) is 36.3 Å². The lowest BCUT2D eigenvalue weighted by Crippen LogP contribution is -2.31. The molecule has 176 valence electrons. The van der Waals surface area contributed by atoms with Gasteiger partial charge in [-0.15, -0.1) is 0 Å². The van der Waals surface area contributed by atoms with Crippen molar-refractivity contribution in [3.05, 3.63) is 48.5 Å². The van der Waals surface area contributed by atoms with E-state index in [-0.39, 0.29) is 42.3 Å². The summed E-state index contributed by atoms with van der Waals surface area (Å²) in [5.41, 5.74) is 1.18. The standard InChI is InChI=1S/C23H27N3O6S/c1-31-19-8-6-18(7-9-19)26-15-16(13-22(26)27)23(28)25-17-4-10-21(11-5-17)33(29,30)24-14-20-3-2-12-32-20/h4-11,16,20,24H,2-3,12-15H2,1H3,(H,25,28)/t16-,20+/m1/s1. The molecule has 2 N–H and O–H groups in total. The Kier molecular flexibility index (Phi) is 6.96. The number of nitrogens with one attached hydrogen (secondary N) is 2. The number of ether oxygens (including phenoxy) is 2. The first-order chi connectivity index (χ1) is 15.9. The number of nitrogens with zero attached hydrogens (tertiary/aromatic N) is 1. The minimum absolute atomic E-state index is 0.0926. The van der Waals surface area contributed by atoms with Gasteiger partial charge in [-0.3, -0.25) is 9.59 Å². The van der Waals surface area contributed by atoms with Gasteiger partial charge in [0.2, 0.25) is 21.8 Å². The van der Waals surface area contributed by atoms with Gasteiger partial charge in [0.1, 0.15) is 5.75 Å². The number of rotatable bonds is 8. The SMILES string of the molecule is COc1ccc(N2C[C@H](C(=O)Nc3ccc(S(=O)(=O)NC[C@@H]4CCCO4)cc3)CC2=O)cc1. The van der Waals surface area contributed by atoms with E-state index in [0.717, 1.165) is 12.8 Å². The highest BCUT2D eigenvalue weighted by Gasteiger charge is 2.35. The summed E-state index contributed by atoms with van der Waals surface area (Å²) in [4.78, 5) is 26.8. The van der Waals surface area contributed by atoms with Crippen LogP contribution in [0.3, 0.4) is 0 Å². The molecule has 10 heteroatoms. The van der Waals surface area contributed by atoms with Crippen molar-refractivity contribution in [1.82, 2.24) is 4.72 Å². The van der Waals surface area contributed by atoms with Crippen LogP contribution in [0.4, 0.5) is 11.4 Å². The van der Waals surface area contributed by atoms with E-state index >= 15 is 0 Å². The molecular weight excluding hydrogens is 446 g/mol. The molecule has 2 atom stereocenters. The second-order valence-corrected chi connectivity index (χ2v) is 9.87. The number of sulfonamides is 1. The van der Waals surface area contributed by atoms with Crippen LogP contribution in [0, 0.1) is 5.92 Å². The van der Waals surface area contributed by atoms with E-state index in [2.05, 4.69) is 10.0 Å². The van der Waals surface area contributed by atoms with Crippen molar-refractivity contribution in [2.45, 2.75) is 30.3 Å². The molecule has 0 radical (unpaired) electrons. The fraction of sp³-hybridized carbons (Fsp3) is 0.391. The number of carbonyl (C=O) groups is 2. The normalized spacial score (nSPS) is 20.8. The van der Waals surface area contributed by atoms with E-state index in [4.69, 9.17) is 9.47 Å². The third-order valence-electron chi connectivity index (χ3n) is 5.84. The van der Waals surface area contributed by atoms with Gasteiger partial charge in [0, 0.05) is 37.5 Å². The number of carbonyl (C=O) groups excluding carboxylic acids is 2. The first kappa shape index (κ1) is 23.2. The van der Waals surface area contributed by atoms with E-state index < -0.39 is 15.9 Å². The predicted molar refractivity (Wildman–Crippen MR) is 123 cm³/mol. The van der Waals surface area contributed by atoms with Crippen molar-refractivity contribution in [3.8, 4) is 5.75 Å². The van der Waals surface area contributed by atoms with Crippen LogP contribution in [-0.2, 0) is 24.3 Å². The molecule has 0 spiro atoms. The molecule has 9 nitrogen and oxygen atoms in total. The summed E-state index contributed by atoms with van der Waals surface area (Å²) in [5.74, 6) is -0.228. The van der Waals surface area contributed by atoms with Crippen molar-refractivity contribution in [3.63, 3.8) is 0 Å². The summed E-state index contributed by atoms with van der Waals surface area (Å²) in [6.07, 6.45) is 1.79. The largest absolute Gasteiger partial charge is 0.497 e. The molecule has 0 aliphatic carbocycles. The average molecular weight is 474 g/mol. The summed E-state index contributed by atoms with van der Waals surface area (Å²) in [6, 6.07) is 13.1. The Morgan fingerprint density at radius 3 is 2.52 bits per heavy atom. The molecule has 2 aliphatic rings. The van der Waals surface area contributed by atoms with Crippen molar-refractivity contribution in [2.75, 3.05) is 37.0 Å². The first-order valence-electron chi connectivity index (χ1n) is 10.8. The second kappa shape index (κ2) is 9.90. The quantitative estimate of drug-likeness (QED) is 0.607. The van der Waals surface area contributed by atoms with Gasteiger partial charge in [0.05, 0.1) is 24.0 Å². The Morgan fingerprint density at radius 1 is 1.15 bits per heavy atom. The van der Waals surface area contributed by atoms with Crippen molar-refractivity contribution < 1.29 is 27.5 Å². The average Bonchev–Trinajstić information content (AvgIpc) is 3.48. The zero-order valence-corrected chi connectivity index (χ0v) is 19.1. The summed E-state index contributed by atoms with van der Waals surface area (Å²) < 4.78 is 38.1. The van der Waals surface area contributed by atoms with Gasteiger partial charge in [-0.2, -0.15) is 0 Å². The molecule has 0 saturated carbocycles. The highest BCUT2D eigenvalue weighted by atomic mass is 32.2. The molecule has 2 fully saturated rings. The number of anilines is 2. The summed E-state index contributed by atoms with van der Waals surface area (Å²) in [6.45, 7) is 1.17. The zero-order valence-electron chi connectivity index (χ0n) is 18.3. The molecule has 0 unspecified atom stereocenters. The molecule has 2 aromatic carbocycles.